The first-order chi connectivity index (χ1) is 10.5. The Hall–Kier alpha value is -2.48. The van der Waals surface area contributed by atoms with E-state index >= 15 is 0 Å². The van der Waals surface area contributed by atoms with Crippen LogP contribution in [-0.4, -0.2) is 15.3 Å². The number of aromatic hydroxyl groups is 1. The molecular formula is C14H6F4N2OS. The van der Waals surface area contributed by atoms with Crippen molar-refractivity contribution in [2.75, 3.05) is 0 Å². The molecule has 0 saturated carbocycles. The molecule has 0 atom stereocenters. The molecule has 0 bridgehead atoms. The Bertz CT molecular complexity index is 866. The molecule has 8 heteroatoms. The monoisotopic (exact) mass is 326 g/mol. The van der Waals surface area contributed by atoms with E-state index in [2.05, 4.69) is 10.2 Å². The maximum Gasteiger partial charge on any atom is 0.195 e. The van der Waals surface area contributed by atoms with Crippen molar-refractivity contribution in [1.82, 2.24) is 10.2 Å². The number of phenolic OH excluding ortho intramolecular Hbond substituents is 1. The molecule has 112 valence electrons. The highest BCUT2D eigenvalue weighted by atomic mass is 32.1. The zero-order chi connectivity index (χ0) is 15.9. The normalized spacial score (nSPS) is 10.9. The van der Waals surface area contributed by atoms with Crippen LogP contribution in [-0.2, 0) is 0 Å². The molecule has 0 aliphatic carbocycles. The van der Waals surface area contributed by atoms with Crippen LogP contribution < -0.4 is 0 Å². The Morgan fingerprint density at radius 1 is 0.818 bits per heavy atom. The lowest BCUT2D eigenvalue weighted by Gasteiger charge is -2.00. The molecule has 0 aliphatic heterocycles. The molecular weight excluding hydrogens is 320 g/mol. The molecule has 1 N–H and O–H groups in total. The van der Waals surface area contributed by atoms with E-state index in [0.29, 0.717) is 5.56 Å². The van der Waals surface area contributed by atoms with Gasteiger partial charge in [0.25, 0.3) is 0 Å². The van der Waals surface area contributed by atoms with Gasteiger partial charge in [-0.3, -0.25) is 0 Å². The first kappa shape index (κ1) is 14.5. The van der Waals surface area contributed by atoms with Crippen LogP contribution in [0.25, 0.3) is 21.1 Å². The smallest absolute Gasteiger partial charge is 0.195 e. The predicted molar refractivity (Wildman–Crippen MR) is 72.3 cm³/mol. The Kier molecular flexibility index (Phi) is 3.53. The molecule has 0 amide bonds. The van der Waals surface area contributed by atoms with E-state index in [1.807, 2.05) is 0 Å². The number of hydrogen-bond acceptors (Lipinski definition) is 4. The lowest BCUT2D eigenvalue weighted by molar-refractivity contribution is 0.432. The van der Waals surface area contributed by atoms with E-state index < -0.39 is 29.0 Å². The van der Waals surface area contributed by atoms with Gasteiger partial charge in [-0.25, -0.2) is 17.6 Å². The lowest BCUT2D eigenvalue weighted by Crippen LogP contribution is -1.93. The molecule has 1 aromatic heterocycles. The van der Waals surface area contributed by atoms with Crippen molar-refractivity contribution in [2.24, 2.45) is 0 Å². The van der Waals surface area contributed by atoms with E-state index in [9.17, 15) is 17.6 Å². The average Bonchev–Trinajstić information content (AvgIpc) is 2.97. The van der Waals surface area contributed by atoms with Crippen molar-refractivity contribution in [3.05, 3.63) is 53.6 Å². The molecule has 0 saturated heterocycles. The van der Waals surface area contributed by atoms with Gasteiger partial charge in [-0.05, 0) is 30.3 Å². The minimum atomic E-state index is -1.59. The summed E-state index contributed by atoms with van der Waals surface area (Å²) in [5.74, 6) is -5.61. The summed E-state index contributed by atoms with van der Waals surface area (Å²) in [7, 11) is 0. The van der Waals surface area contributed by atoms with Gasteiger partial charge in [-0.15, -0.1) is 10.2 Å². The summed E-state index contributed by atoms with van der Waals surface area (Å²) in [5, 5.41) is 16.9. The molecule has 1 heterocycles. The predicted octanol–water partition coefficient (Wildman–Crippen LogP) is 4.13. The quantitative estimate of drug-likeness (QED) is 0.569. The SMILES string of the molecule is Oc1ccc(-c2nnc(-c3ccc(F)c(F)c3F)s2)cc1F. The second kappa shape index (κ2) is 5.38. The molecule has 22 heavy (non-hydrogen) atoms. The molecule has 3 nitrogen and oxygen atoms in total. The first-order valence-corrected chi connectivity index (χ1v) is 6.75. The van der Waals surface area contributed by atoms with Crippen LogP contribution in [0.1, 0.15) is 0 Å². The third kappa shape index (κ3) is 2.41. The topological polar surface area (TPSA) is 46.0 Å². The standard InChI is InChI=1S/C14H6F4N2OS/c15-8-3-2-7(11(17)12(8)18)14-20-19-13(22-14)6-1-4-10(21)9(16)5-6/h1-5,21H. The van der Waals surface area contributed by atoms with Crippen molar-refractivity contribution in [2.45, 2.75) is 0 Å². The zero-order valence-corrected chi connectivity index (χ0v) is 11.5. The summed E-state index contributed by atoms with van der Waals surface area (Å²) in [6, 6.07) is 5.43. The number of benzene rings is 2. The Balaban J connectivity index is 2.04. The van der Waals surface area contributed by atoms with Crippen molar-refractivity contribution in [3.63, 3.8) is 0 Å². The number of nitrogens with zero attached hydrogens (tertiary/aromatic N) is 2. The van der Waals surface area contributed by atoms with Crippen LogP contribution >= 0.6 is 11.3 Å². The van der Waals surface area contributed by atoms with Crippen LogP contribution in [0, 0.1) is 23.3 Å². The molecule has 0 spiro atoms. The summed E-state index contributed by atoms with van der Waals surface area (Å²) in [6.07, 6.45) is 0. The highest BCUT2D eigenvalue weighted by Crippen LogP contribution is 2.33. The van der Waals surface area contributed by atoms with Gasteiger partial charge < -0.3 is 5.11 Å². The van der Waals surface area contributed by atoms with Crippen molar-refractivity contribution >= 4 is 11.3 Å². The minimum Gasteiger partial charge on any atom is -0.505 e. The number of phenols is 1. The Morgan fingerprint density at radius 2 is 1.55 bits per heavy atom. The van der Waals surface area contributed by atoms with E-state index in [1.165, 1.54) is 6.07 Å². The fourth-order valence-corrected chi connectivity index (χ4v) is 2.64. The largest absolute Gasteiger partial charge is 0.505 e. The molecule has 3 aromatic rings. The second-order valence-electron chi connectivity index (χ2n) is 4.30. The number of hydrogen-bond donors (Lipinski definition) is 1. The van der Waals surface area contributed by atoms with Crippen molar-refractivity contribution in [3.8, 4) is 26.9 Å². The number of rotatable bonds is 2. The Labute approximate surface area is 125 Å². The van der Waals surface area contributed by atoms with E-state index in [0.717, 1.165) is 35.6 Å². The summed E-state index contributed by atoms with van der Waals surface area (Å²) in [4.78, 5) is 0. The van der Waals surface area contributed by atoms with Crippen molar-refractivity contribution in [1.29, 1.82) is 0 Å². The molecule has 0 radical (unpaired) electrons. The van der Waals surface area contributed by atoms with Crippen LogP contribution in [0.4, 0.5) is 17.6 Å². The average molecular weight is 326 g/mol. The minimum absolute atomic E-state index is 0.0277. The fourth-order valence-electron chi connectivity index (χ4n) is 1.78. The third-order valence-electron chi connectivity index (χ3n) is 2.89. The van der Waals surface area contributed by atoms with Gasteiger partial charge in [0.15, 0.2) is 34.0 Å². The highest BCUT2D eigenvalue weighted by Gasteiger charge is 2.18. The second-order valence-corrected chi connectivity index (χ2v) is 5.28. The van der Waals surface area contributed by atoms with Gasteiger partial charge in [0.1, 0.15) is 5.01 Å². The molecule has 0 unspecified atom stereocenters. The van der Waals surface area contributed by atoms with Gasteiger partial charge in [0.05, 0.1) is 5.56 Å². The van der Waals surface area contributed by atoms with Gasteiger partial charge in [-0.1, -0.05) is 11.3 Å². The maximum absolute atomic E-state index is 13.7. The van der Waals surface area contributed by atoms with Gasteiger partial charge in [0.2, 0.25) is 0 Å². The van der Waals surface area contributed by atoms with Gasteiger partial charge in [0, 0.05) is 5.56 Å². The maximum atomic E-state index is 13.7. The lowest BCUT2D eigenvalue weighted by atomic mass is 10.2. The number of halogens is 4. The molecule has 2 aromatic carbocycles. The van der Waals surface area contributed by atoms with E-state index in [-0.39, 0.29) is 15.6 Å². The van der Waals surface area contributed by atoms with E-state index in [4.69, 9.17) is 5.11 Å². The van der Waals surface area contributed by atoms with Crippen LogP contribution in [0.15, 0.2) is 30.3 Å². The first-order valence-electron chi connectivity index (χ1n) is 5.93. The third-order valence-corrected chi connectivity index (χ3v) is 3.89. The molecule has 0 fully saturated rings. The zero-order valence-electron chi connectivity index (χ0n) is 10.6. The fraction of sp³-hybridized carbons (Fsp3) is 0. The van der Waals surface area contributed by atoms with Gasteiger partial charge >= 0.3 is 0 Å². The van der Waals surface area contributed by atoms with Crippen LogP contribution in [0.5, 0.6) is 5.75 Å². The molecule has 3 rings (SSSR count). The summed E-state index contributed by atoms with van der Waals surface area (Å²) < 4.78 is 53.2. The van der Waals surface area contributed by atoms with Crippen LogP contribution in [0.2, 0.25) is 0 Å². The van der Waals surface area contributed by atoms with Crippen molar-refractivity contribution < 1.29 is 22.7 Å². The highest BCUT2D eigenvalue weighted by molar-refractivity contribution is 7.17. The number of aromatic nitrogens is 2. The Morgan fingerprint density at radius 3 is 2.27 bits per heavy atom. The van der Waals surface area contributed by atoms with Gasteiger partial charge in [-0.2, -0.15) is 0 Å². The summed E-state index contributed by atoms with van der Waals surface area (Å²) in [5.41, 5.74) is 0.0870. The summed E-state index contributed by atoms with van der Waals surface area (Å²) >= 11 is 0.883. The van der Waals surface area contributed by atoms with Crippen LogP contribution in [0.3, 0.4) is 0 Å². The van der Waals surface area contributed by atoms with E-state index in [1.54, 1.807) is 0 Å². The summed E-state index contributed by atoms with van der Waals surface area (Å²) in [6.45, 7) is 0. The molecule has 0 aliphatic rings.